The molecular weight excluding hydrogens is 232 g/mol. The monoisotopic (exact) mass is 252 g/mol. The highest BCUT2D eigenvalue weighted by molar-refractivity contribution is 7.16. The summed E-state index contributed by atoms with van der Waals surface area (Å²) in [5.74, 6) is -0.0480. The molecular formula is C12H20N4S. The van der Waals surface area contributed by atoms with Crippen molar-refractivity contribution in [2.75, 3.05) is 5.32 Å². The molecule has 2 rings (SSSR count). The first-order valence-corrected chi connectivity index (χ1v) is 6.62. The highest BCUT2D eigenvalue weighted by Crippen LogP contribution is 2.48. The zero-order chi connectivity index (χ0) is 12.8. The lowest BCUT2D eigenvalue weighted by Gasteiger charge is -2.39. The molecule has 0 unspecified atom stereocenters. The van der Waals surface area contributed by atoms with Crippen LogP contribution in [0.4, 0.5) is 5.13 Å². The average molecular weight is 252 g/mol. The highest BCUT2D eigenvalue weighted by atomic mass is 32.1. The third kappa shape index (κ3) is 2.44. The van der Waals surface area contributed by atoms with E-state index in [2.05, 4.69) is 38.0 Å². The smallest absolute Gasteiger partial charge is 0.192 e. The van der Waals surface area contributed by atoms with E-state index in [1.165, 1.54) is 10.6 Å². The third-order valence-electron chi connectivity index (χ3n) is 3.12. The van der Waals surface area contributed by atoms with Crippen molar-refractivity contribution >= 4 is 22.4 Å². The SMILES string of the molecule is CC1(C)Cc2nc(NC(=N)N)sc2C(C)(C)C1. The Morgan fingerprint density at radius 1 is 1.41 bits per heavy atom. The molecule has 4 N–H and O–H groups in total. The molecule has 0 saturated heterocycles. The Labute approximate surface area is 106 Å². The quantitative estimate of drug-likeness (QED) is 0.531. The highest BCUT2D eigenvalue weighted by Gasteiger charge is 2.39. The van der Waals surface area contributed by atoms with Crippen LogP contribution in [0.1, 0.15) is 44.7 Å². The number of nitrogens with two attached hydrogens (primary N) is 1. The van der Waals surface area contributed by atoms with Gasteiger partial charge in [0, 0.05) is 10.3 Å². The van der Waals surface area contributed by atoms with Crippen LogP contribution in [0.3, 0.4) is 0 Å². The van der Waals surface area contributed by atoms with Gasteiger partial charge in [0.15, 0.2) is 11.1 Å². The lowest BCUT2D eigenvalue weighted by molar-refractivity contribution is 0.232. The number of anilines is 1. The van der Waals surface area contributed by atoms with E-state index < -0.39 is 0 Å². The van der Waals surface area contributed by atoms with Crippen LogP contribution in [0.2, 0.25) is 0 Å². The zero-order valence-corrected chi connectivity index (χ0v) is 11.7. The van der Waals surface area contributed by atoms with Crippen molar-refractivity contribution in [1.29, 1.82) is 5.41 Å². The van der Waals surface area contributed by atoms with Crippen molar-refractivity contribution in [3.8, 4) is 0 Å². The van der Waals surface area contributed by atoms with Gasteiger partial charge in [0.1, 0.15) is 0 Å². The fourth-order valence-electron chi connectivity index (χ4n) is 2.96. The van der Waals surface area contributed by atoms with Crippen LogP contribution >= 0.6 is 11.3 Å². The molecule has 94 valence electrons. The van der Waals surface area contributed by atoms with Gasteiger partial charge in [0.25, 0.3) is 0 Å². The van der Waals surface area contributed by atoms with Gasteiger partial charge in [-0.25, -0.2) is 4.98 Å². The van der Waals surface area contributed by atoms with E-state index >= 15 is 0 Å². The molecule has 1 heterocycles. The normalized spacial score (nSPS) is 20.7. The van der Waals surface area contributed by atoms with Crippen LogP contribution in [0, 0.1) is 10.8 Å². The van der Waals surface area contributed by atoms with Crippen LogP contribution in [0.5, 0.6) is 0 Å². The van der Waals surface area contributed by atoms with Gasteiger partial charge in [-0.05, 0) is 18.3 Å². The van der Waals surface area contributed by atoms with Crippen molar-refractivity contribution in [2.45, 2.75) is 46.0 Å². The van der Waals surface area contributed by atoms with Gasteiger partial charge in [-0.2, -0.15) is 0 Å². The zero-order valence-electron chi connectivity index (χ0n) is 10.8. The number of hydrogen-bond donors (Lipinski definition) is 3. The average Bonchev–Trinajstić information content (AvgIpc) is 2.42. The number of guanidine groups is 1. The van der Waals surface area contributed by atoms with Crippen LogP contribution < -0.4 is 11.1 Å². The molecule has 1 aromatic rings. The van der Waals surface area contributed by atoms with Crippen molar-refractivity contribution in [3.63, 3.8) is 0 Å². The predicted octanol–water partition coefficient (Wildman–Crippen LogP) is 2.70. The maximum absolute atomic E-state index is 7.25. The number of nitrogens with zero attached hydrogens (tertiary/aromatic N) is 1. The summed E-state index contributed by atoms with van der Waals surface area (Å²) in [6.45, 7) is 9.11. The molecule has 0 spiro atoms. The van der Waals surface area contributed by atoms with Gasteiger partial charge in [-0.3, -0.25) is 5.41 Å². The number of aromatic nitrogens is 1. The molecule has 1 aliphatic rings. The van der Waals surface area contributed by atoms with E-state index in [0.29, 0.717) is 0 Å². The first kappa shape index (κ1) is 12.4. The standard InChI is InChI=1S/C12H20N4S/c1-11(2)5-7-8(12(3,4)6-11)17-10(15-7)16-9(13)14/h5-6H2,1-4H3,(H4,13,14,15,16). The molecule has 0 atom stereocenters. The summed E-state index contributed by atoms with van der Waals surface area (Å²) in [6.07, 6.45) is 2.16. The van der Waals surface area contributed by atoms with Gasteiger partial charge < -0.3 is 11.1 Å². The Morgan fingerprint density at radius 3 is 2.65 bits per heavy atom. The van der Waals surface area contributed by atoms with Gasteiger partial charge >= 0.3 is 0 Å². The molecule has 0 saturated carbocycles. The lowest BCUT2D eigenvalue weighted by atomic mass is 9.67. The minimum atomic E-state index is -0.0480. The summed E-state index contributed by atoms with van der Waals surface area (Å²) in [5, 5.41) is 10.8. The van der Waals surface area contributed by atoms with Gasteiger partial charge in [0.2, 0.25) is 0 Å². The Kier molecular flexibility index (Phi) is 2.69. The predicted molar refractivity (Wildman–Crippen MR) is 72.8 cm³/mol. The van der Waals surface area contributed by atoms with Gasteiger partial charge in [-0.1, -0.05) is 27.7 Å². The van der Waals surface area contributed by atoms with Gasteiger partial charge in [-0.15, -0.1) is 11.3 Å². The first-order valence-electron chi connectivity index (χ1n) is 5.81. The number of nitrogens with one attached hydrogen (secondary N) is 2. The molecule has 17 heavy (non-hydrogen) atoms. The Hall–Kier alpha value is -1.10. The van der Waals surface area contributed by atoms with Crippen LogP contribution in [0.25, 0.3) is 0 Å². The van der Waals surface area contributed by atoms with E-state index in [1.54, 1.807) is 11.3 Å². The number of fused-ring (bicyclic) bond motifs is 1. The Bertz CT molecular complexity index is 459. The van der Waals surface area contributed by atoms with E-state index in [4.69, 9.17) is 11.1 Å². The summed E-state index contributed by atoms with van der Waals surface area (Å²) < 4.78 is 0. The van der Waals surface area contributed by atoms with Crippen molar-refractivity contribution in [3.05, 3.63) is 10.6 Å². The van der Waals surface area contributed by atoms with Crippen molar-refractivity contribution in [1.82, 2.24) is 4.98 Å². The molecule has 0 aliphatic heterocycles. The molecule has 4 nitrogen and oxygen atoms in total. The van der Waals surface area contributed by atoms with Crippen LogP contribution in [-0.4, -0.2) is 10.9 Å². The first-order chi connectivity index (χ1) is 7.70. The Morgan fingerprint density at radius 2 is 2.06 bits per heavy atom. The maximum atomic E-state index is 7.25. The van der Waals surface area contributed by atoms with Gasteiger partial charge in [0.05, 0.1) is 5.69 Å². The van der Waals surface area contributed by atoms with E-state index in [-0.39, 0.29) is 16.8 Å². The molecule has 0 aromatic carbocycles. The minimum Gasteiger partial charge on any atom is -0.370 e. The van der Waals surface area contributed by atoms with E-state index in [0.717, 1.165) is 18.0 Å². The molecule has 1 aromatic heterocycles. The molecule has 0 bridgehead atoms. The summed E-state index contributed by atoms with van der Waals surface area (Å²) in [4.78, 5) is 5.90. The van der Waals surface area contributed by atoms with Crippen LogP contribution in [-0.2, 0) is 11.8 Å². The molecule has 5 heteroatoms. The molecule has 0 fully saturated rings. The summed E-state index contributed by atoms with van der Waals surface area (Å²) in [6, 6.07) is 0. The topological polar surface area (TPSA) is 74.8 Å². The molecule has 1 aliphatic carbocycles. The second kappa shape index (κ2) is 3.70. The maximum Gasteiger partial charge on any atom is 0.192 e. The summed E-state index contributed by atoms with van der Waals surface area (Å²) >= 11 is 1.63. The number of rotatable bonds is 1. The second-order valence-electron chi connectivity index (χ2n) is 6.24. The molecule has 0 amide bonds. The molecule has 0 radical (unpaired) electrons. The fourth-order valence-corrected chi connectivity index (χ4v) is 4.06. The number of thiazole rings is 1. The minimum absolute atomic E-state index is 0.0480. The largest absolute Gasteiger partial charge is 0.370 e. The van der Waals surface area contributed by atoms with Crippen molar-refractivity contribution < 1.29 is 0 Å². The van der Waals surface area contributed by atoms with E-state index in [9.17, 15) is 0 Å². The van der Waals surface area contributed by atoms with Crippen LogP contribution in [0.15, 0.2) is 0 Å². The fraction of sp³-hybridized carbons (Fsp3) is 0.667. The van der Waals surface area contributed by atoms with Crippen molar-refractivity contribution in [2.24, 2.45) is 11.1 Å². The Balaban J connectivity index is 2.40. The van der Waals surface area contributed by atoms with E-state index in [1.807, 2.05) is 0 Å². The number of hydrogen-bond acceptors (Lipinski definition) is 3. The third-order valence-corrected chi connectivity index (χ3v) is 4.50. The summed E-state index contributed by atoms with van der Waals surface area (Å²) in [5.41, 5.74) is 6.96. The summed E-state index contributed by atoms with van der Waals surface area (Å²) in [7, 11) is 0. The second-order valence-corrected chi connectivity index (χ2v) is 7.23. The lowest BCUT2D eigenvalue weighted by Crippen LogP contribution is -2.33.